The van der Waals surface area contributed by atoms with Crippen molar-refractivity contribution in [3.05, 3.63) is 30.6 Å². The van der Waals surface area contributed by atoms with Crippen molar-refractivity contribution in [1.82, 2.24) is 4.98 Å². The summed E-state index contributed by atoms with van der Waals surface area (Å²) >= 11 is 0. The Kier molecular flexibility index (Phi) is 9.66. The molecular weight excluding hydrogens is 212 g/mol. The first-order valence-corrected chi connectivity index (χ1v) is 1.85. The van der Waals surface area contributed by atoms with E-state index in [1.54, 1.807) is 12.4 Å². The van der Waals surface area contributed by atoms with E-state index in [4.69, 9.17) is 0 Å². The van der Waals surface area contributed by atoms with Gasteiger partial charge in [-0.15, -0.1) is 12.4 Å². The summed E-state index contributed by atoms with van der Waals surface area (Å²) in [5, 5.41) is 0. The molecule has 0 bridgehead atoms. The maximum atomic E-state index is 3.78. The van der Waals surface area contributed by atoms with E-state index in [1.807, 2.05) is 18.2 Å². The zero-order valence-corrected chi connectivity index (χ0v) is 6.53. The van der Waals surface area contributed by atoms with Crippen molar-refractivity contribution in [3.8, 4) is 0 Å². The van der Waals surface area contributed by atoms with E-state index in [1.165, 1.54) is 0 Å². The summed E-state index contributed by atoms with van der Waals surface area (Å²) in [4.78, 5) is 3.78. The van der Waals surface area contributed by atoms with Gasteiger partial charge in [-0.05, 0) is 12.1 Å². The van der Waals surface area contributed by atoms with Crippen LogP contribution in [-0.4, -0.2) is 4.98 Å². The van der Waals surface area contributed by atoms with Gasteiger partial charge in [0.15, 0.2) is 0 Å². The van der Waals surface area contributed by atoms with Crippen LogP contribution in [0.2, 0.25) is 0 Å². The summed E-state index contributed by atoms with van der Waals surface area (Å²) in [7, 11) is 0. The van der Waals surface area contributed by atoms with Crippen LogP contribution in [0, 0.1) is 0 Å². The Morgan fingerprint density at radius 3 is 1.50 bits per heavy atom. The van der Waals surface area contributed by atoms with Crippen LogP contribution >= 0.6 is 12.4 Å². The molecular formula is C5H6ClNRh. The average Bonchev–Trinajstić information content (AvgIpc) is 1.72. The van der Waals surface area contributed by atoms with Gasteiger partial charge in [-0.2, -0.15) is 0 Å². The minimum atomic E-state index is 0. The van der Waals surface area contributed by atoms with E-state index < -0.39 is 0 Å². The van der Waals surface area contributed by atoms with Gasteiger partial charge in [0.2, 0.25) is 0 Å². The second-order valence-electron chi connectivity index (χ2n) is 1.02. The monoisotopic (exact) mass is 218 g/mol. The standard InChI is InChI=1S/C5H5N.ClH.Rh/c1-2-4-6-5-3-1;;/h1-5H;1H;. The quantitative estimate of drug-likeness (QED) is 0.602. The van der Waals surface area contributed by atoms with Gasteiger partial charge in [-0.1, -0.05) is 6.07 Å². The molecule has 0 aromatic carbocycles. The summed E-state index contributed by atoms with van der Waals surface area (Å²) in [6, 6.07) is 5.72. The molecule has 3 heteroatoms. The normalized spacial score (nSPS) is 6.00. The molecule has 0 saturated carbocycles. The third-order valence-electron chi connectivity index (χ3n) is 0.566. The minimum Gasteiger partial charge on any atom is -0.265 e. The molecule has 1 nitrogen and oxygen atoms in total. The van der Waals surface area contributed by atoms with Crippen molar-refractivity contribution < 1.29 is 19.5 Å². The number of nitrogens with zero attached hydrogens (tertiary/aromatic N) is 1. The summed E-state index contributed by atoms with van der Waals surface area (Å²) in [5.74, 6) is 0. The maximum absolute atomic E-state index is 3.78. The predicted molar refractivity (Wildman–Crippen MR) is 31.5 cm³/mol. The van der Waals surface area contributed by atoms with Crippen molar-refractivity contribution in [2.24, 2.45) is 0 Å². The van der Waals surface area contributed by atoms with Crippen molar-refractivity contribution in [1.29, 1.82) is 0 Å². The fourth-order valence-electron chi connectivity index (χ4n) is 0.313. The van der Waals surface area contributed by atoms with Gasteiger partial charge in [0.05, 0.1) is 0 Å². The van der Waals surface area contributed by atoms with Gasteiger partial charge >= 0.3 is 0 Å². The van der Waals surface area contributed by atoms with Gasteiger partial charge in [0.25, 0.3) is 0 Å². The predicted octanol–water partition coefficient (Wildman–Crippen LogP) is 1.50. The van der Waals surface area contributed by atoms with Gasteiger partial charge in [0, 0.05) is 31.9 Å². The van der Waals surface area contributed by atoms with E-state index in [2.05, 4.69) is 4.98 Å². The number of hydrogen-bond donors (Lipinski definition) is 0. The van der Waals surface area contributed by atoms with Crippen LogP contribution in [0.25, 0.3) is 0 Å². The molecule has 1 aromatic heterocycles. The molecule has 1 radical (unpaired) electrons. The molecule has 0 saturated heterocycles. The Bertz CT molecular complexity index is 84.4. The molecule has 0 amide bonds. The van der Waals surface area contributed by atoms with Gasteiger partial charge < -0.3 is 0 Å². The van der Waals surface area contributed by atoms with Crippen molar-refractivity contribution >= 4 is 12.4 Å². The third-order valence-corrected chi connectivity index (χ3v) is 0.566. The second kappa shape index (κ2) is 7.06. The molecule has 0 atom stereocenters. The Morgan fingerprint density at radius 1 is 0.875 bits per heavy atom. The Morgan fingerprint density at radius 2 is 1.38 bits per heavy atom. The Balaban J connectivity index is 0. The topological polar surface area (TPSA) is 12.9 Å². The molecule has 1 heterocycles. The third kappa shape index (κ3) is 4.23. The van der Waals surface area contributed by atoms with Gasteiger partial charge in [-0.25, -0.2) is 0 Å². The molecule has 1 rings (SSSR count). The fourth-order valence-corrected chi connectivity index (χ4v) is 0.313. The molecule has 0 fully saturated rings. The smallest absolute Gasteiger partial charge is 0.0267 e. The molecule has 0 aliphatic rings. The van der Waals surface area contributed by atoms with Crippen LogP contribution in [0.1, 0.15) is 0 Å². The van der Waals surface area contributed by atoms with Crippen LogP contribution in [-0.2, 0) is 19.5 Å². The van der Waals surface area contributed by atoms with Crippen LogP contribution < -0.4 is 0 Å². The average molecular weight is 218 g/mol. The van der Waals surface area contributed by atoms with Crippen molar-refractivity contribution in [2.45, 2.75) is 0 Å². The second-order valence-corrected chi connectivity index (χ2v) is 1.02. The molecule has 0 unspecified atom stereocenters. The van der Waals surface area contributed by atoms with Crippen LogP contribution in [0.3, 0.4) is 0 Å². The molecule has 47 valence electrons. The maximum Gasteiger partial charge on any atom is 0.0267 e. The van der Waals surface area contributed by atoms with Crippen molar-refractivity contribution in [2.75, 3.05) is 0 Å². The van der Waals surface area contributed by atoms with E-state index in [-0.39, 0.29) is 31.9 Å². The fraction of sp³-hybridized carbons (Fsp3) is 0. The van der Waals surface area contributed by atoms with E-state index in [0.29, 0.717) is 0 Å². The zero-order valence-electron chi connectivity index (χ0n) is 4.08. The summed E-state index contributed by atoms with van der Waals surface area (Å²) in [6.07, 6.45) is 3.50. The molecule has 0 aliphatic heterocycles. The van der Waals surface area contributed by atoms with Gasteiger partial charge in [0.1, 0.15) is 0 Å². The number of aromatic nitrogens is 1. The Hall–Kier alpha value is 0.0634. The molecule has 0 N–H and O–H groups in total. The number of halogens is 1. The number of pyridine rings is 1. The number of hydrogen-bond acceptors (Lipinski definition) is 1. The SMILES string of the molecule is Cl.[Rh].c1ccncc1. The van der Waals surface area contributed by atoms with E-state index in [0.717, 1.165) is 0 Å². The largest absolute Gasteiger partial charge is 0.265 e. The van der Waals surface area contributed by atoms with Crippen LogP contribution in [0.4, 0.5) is 0 Å². The van der Waals surface area contributed by atoms with E-state index in [9.17, 15) is 0 Å². The van der Waals surface area contributed by atoms with Gasteiger partial charge in [-0.3, -0.25) is 4.98 Å². The Labute approximate surface area is 67.7 Å². The van der Waals surface area contributed by atoms with Crippen LogP contribution in [0.15, 0.2) is 30.6 Å². The van der Waals surface area contributed by atoms with E-state index >= 15 is 0 Å². The van der Waals surface area contributed by atoms with Crippen LogP contribution in [0.5, 0.6) is 0 Å². The number of rotatable bonds is 0. The zero-order chi connectivity index (χ0) is 4.24. The van der Waals surface area contributed by atoms with Crippen molar-refractivity contribution in [3.63, 3.8) is 0 Å². The molecule has 1 aromatic rings. The first-order valence-electron chi connectivity index (χ1n) is 1.85. The first-order chi connectivity index (χ1) is 3.00. The minimum absolute atomic E-state index is 0. The molecule has 0 aliphatic carbocycles. The summed E-state index contributed by atoms with van der Waals surface area (Å²) < 4.78 is 0. The first kappa shape index (κ1) is 10.9. The molecule has 0 spiro atoms. The molecule has 8 heavy (non-hydrogen) atoms. The summed E-state index contributed by atoms with van der Waals surface area (Å²) in [6.45, 7) is 0. The summed E-state index contributed by atoms with van der Waals surface area (Å²) in [5.41, 5.74) is 0.